The molecule has 2 saturated heterocycles. The Labute approximate surface area is 97.8 Å². The lowest BCUT2D eigenvalue weighted by atomic mass is 9.89. The SMILES string of the molecule is CNC(=O)C1(C)CCN(CC2CCNC2)C1. The van der Waals surface area contributed by atoms with E-state index >= 15 is 0 Å². The molecule has 2 unspecified atom stereocenters. The van der Waals surface area contributed by atoms with Gasteiger partial charge >= 0.3 is 0 Å². The summed E-state index contributed by atoms with van der Waals surface area (Å²) in [4.78, 5) is 14.2. The Bertz CT molecular complexity index is 263. The first kappa shape index (κ1) is 11.9. The van der Waals surface area contributed by atoms with Crippen molar-refractivity contribution in [3.8, 4) is 0 Å². The van der Waals surface area contributed by atoms with Crippen molar-refractivity contribution < 1.29 is 4.79 Å². The van der Waals surface area contributed by atoms with Gasteiger partial charge in [-0.05, 0) is 45.3 Å². The van der Waals surface area contributed by atoms with E-state index in [-0.39, 0.29) is 11.3 Å². The van der Waals surface area contributed by atoms with Crippen LogP contribution >= 0.6 is 0 Å². The summed E-state index contributed by atoms with van der Waals surface area (Å²) < 4.78 is 0. The zero-order chi connectivity index (χ0) is 11.6. The first-order valence-electron chi connectivity index (χ1n) is 6.29. The standard InChI is InChI=1S/C12H23N3O/c1-12(11(16)13-2)4-6-15(9-12)8-10-3-5-14-7-10/h10,14H,3-9H2,1-2H3,(H,13,16). The molecule has 0 saturated carbocycles. The lowest BCUT2D eigenvalue weighted by Crippen LogP contribution is -2.40. The summed E-state index contributed by atoms with van der Waals surface area (Å²) >= 11 is 0. The second kappa shape index (κ2) is 4.72. The highest BCUT2D eigenvalue weighted by atomic mass is 16.2. The molecule has 2 aliphatic rings. The van der Waals surface area contributed by atoms with Crippen molar-refractivity contribution in [1.82, 2.24) is 15.5 Å². The normalized spacial score (nSPS) is 35.5. The average Bonchev–Trinajstić information content (AvgIpc) is 2.89. The summed E-state index contributed by atoms with van der Waals surface area (Å²) in [5, 5.41) is 6.18. The Morgan fingerprint density at radius 2 is 2.44 bits per heavy atom. The molecule has 0 bridgehead atoms. The van der Waals surface area contributed by atoms with Crippen LogP contribution in [0.5, 0.6) is 0 Å². The number of nitrogens with one attached hydrogen (secondary N) is 2. The first-order valence-corrected chi connectivity index (χ1v) is 6.29. The number of rotatable bonds is 3. The molecule has 0 aromatic carbocycles. The van der Waals surface area contributed by atoms with E-state index in [1.165, 1.54) is 6.42 Å². The topological polar surface area (TPSA) is 44.4 Å². The minimum Gasteiger partial charge on any atom is -0.359 e. The molecule has 16 heavy (non-hydrogen) atoms. The summed E-state index contributed by atoms with van der Waals surface area (Å²) in [5.74, 6) is 0.978. The molecular weight excluding hydrogens is 202 g/mol. The summed E-state index contributed by atoms with van der Waals surface area (Å²) in [5.41, 5.74) is -0.166. The van der Waals surface area contributed by atoms with Crippen LogP contribution in [0, 0.1) is 11.3 Å². The van der Waals surface area contributed by atoms with Crippen molar-refractivity contribution >= 4 is 5.91 Å². The Kier molecular flexibility index (Phi) is 3.50. The zero-order valence-electron chi connectivity index (χ0n) is 10.4. The van der Waals surface area contributed by atoms with Crippen LogP contribution in [0.1, 0.15) is 19.8 Å². The average molecular weight is 225 g/mol. The number of carbonyl (C=O) groups is 1. The molecule has 0 aliphatic carbocycles. The molecule has 2 heterocycles. The first-order chi connectivity index (χ1) is 7.64. The summed E-state index contributed by atoms with van der Waals surface area (Å²) in [6, 6.07) is 0. The quantitative estimate of drug-likeness (QED) is 0.713. The van der Waals surface area contributed by atoms with Gasteiger partial charge in [-0.3, -0.25) is 4.79 Å². The largest absolute Gasteiger partial charge is 0.359 e. The van der Waals surface area contributed by atoms with Crippen molar-refractivity contribution in [2.45, 2.75) is 19.8 Å². The Morgan fingerprint density at radius 3 is 3.06 bits per heavy atom. The number of nitrogens with zero attached hydrogens (tertiary/aromatic N) is 1. The van der Waals surface area contributed by atoms with Gasteiger partial charge in [0.1, 0.15) is 0 Å². The van der Waals surface area contributed by atoms with E-state index in [2.05, 4.69) is 22.5 Å². The number of likely N-dealkylation sites (tertiary alicyclic amines) is 1. The van der Waals surface area contributed by atoms with Crippen molar-refractivity contribution in [3.05, 3.63) is 0 Å². The van der Waals surface area contributed by atoms with Gasteiger partial charge in [-0.1, -0.05) is 0 Å². The smallest absolute Gasteiger partial charge is 0.227 e. The fourth-order valence-corrected chi connectivity index (χ4v) is 2.93. The van der Waals surface area contributed by atoms with Crippen molar-refractivity contribution in [2.24, 2.45) is 11.3 Å². The van der Waals surface area contributed by atoms with Crippen molar-refractivity contribution in [2.75, 3.05) is 39.8 Å². The molecule has 0 spiro atoms. The Hall–Kier alpha value is -0.610. The van der Waals surface area contributed by atoms with E-state index in [9.17, 15) is 4.79 Å². The molecule has 1 amide bonds. The third-order valence-electron chi connectivity index (χ3n) is 4.01. The second-order valence-corrected chi connectivity index (χ2v) is 5.48. The van der Waals surface area contributed by atoms with E-state index < -0.39 is 0 Å². The van der Waals surface area contributed by atoms with E-state index in [4.69, 9.17) is 0 Å². The van der Waals surface area contributed by atoms with Crippen molar-refractivity contribution in [3.63, 3.8) is 0 Å². The van der Waals surface area contributed by atoms with Gasteiger partial charge in [0.15, 0.2) is 0 Å². The summed E-state index contributed by atoms with van der Waals surface area (Å²) in [6.45, 7) is 7.53. The van der Waals surface area contributed by atoms with Gasteiger partial charge in [0.2, 0.25) is 5.91 Å². The van der Waals surface area contributed by atoms with Crippen LogP contribution in [-0.4, -0.2) is 50.6 Å². The minimum absolute atomic E-state index is 0.166. The molecule has 4 heteroatoms. The molecule has 0 aromatic rings. The Morgan fingerprint density at radius 1 is 1.62 bits per heavy atom. The maximum Gasteiger partial charge on any atom is 0.227 e. The highest BCUT2D eigenvalue weighted by Crippen LogP contribution is 2.30. The van der Waals surface area contributed by atoms with E-state index in [0.717, 1.165) is 45.1 Å². The van der Waals surface area contributed by atoms with Crippen LogP contribution in [0.4, 0.5) is 0 Å². The lowest BCUT2D eigenvalue weighted by Gasteiger charge is -2.24. The predicted octanol–water partition coefficient (Wildman–Crippen LogP) is 0.0539. The van der Waals surface area contributed by atoms with Crippen LogP contribution in [0.15, 0.2) is 0 Å². The van der Waals surface area contributed by atoms with Crippen LogP contribution in [0.25, 0.3) is 0 Å². The fourth-order valence-electron chi connectivity index (χ4n) is 2.93. The fraction of sp³-hybridized carbons (Fsp3) is 0.917. The van der Waals surface area contributed by atoms with Crippen LogP contribution in [0.3, 0.4) is 0 Å². The molecule has 92 valence electrons. The van der Waals surface area contributed by atoms with Crippen LogP contribution in [0.2, 0.25) is 0 Å². The molecule has 2 atom stereocenters. The van der Waals surface area contributed by atoms with Gasteiger partial charge in [0, 0.05) is 20.1 Å². The highest BCUT2D eigenvalue weighted by Gasteiger charge is 2.40. The number of amides is 1. The molecule has 0 radical (unpaired) electrons. The molecule has 2 fully saturated rings. The second-order valence-electron chi connectivity index (χ2n) is 5.48. The molecule has 0 aromatic heterocycles. The maximum absolute atomic E-state index is 11.8. The van der Waals surface area contributed by atoms with Gasteiger partial charge in [-0.15, -0.1) is 0 Å². The van der Waals surface area contributed by atoms with Gasteiger partial charge in [0.05, 0.1) is 5.41 Å². The van der Waals surface area contributed by atoms with Crippen LogP contribution in [-0.2, 0) is 4.79 Å². The summed E-state index contributed by atoms with van der Waals surface area (Å²) in [7, 11) is 1.73. The van der Waals surface area contributed by atoms with Crippen molar-refractivity contribution in [1.29, 1.82) is 0 Å². The van der Waals surface area contributed by atoms with Gasteiger partial charge < -0.3 is 15.5 Å². The highest BCUT2D eigenvalue weighted by molar-refractivity contribution is 5.82. The third kappa shape index (κ3) is 2.38. The number of hydrogen-bond donors (Lipinski definition) is 2. The molecule has 4 nitrogen and oxygen atoms in total. The molecular formula is C12H23N3O. The van der Waals surface area contributed by atoms with Crippen LogP contribution < -0.4 is 10.6 Å². The zero-order valence-corrected chi connectivity index (χ0v) is 10.4. The summed E-state index contributed by atoms with van der Waals surface area (Å²) in [6.07, 6.45) is 2.28. The van der Waals surface area contributed by atoms with E-state index in [0.29, 0.717) is 0 Å². The molecule has 2 N–H and O–H groups in total. The van der Waals surface area contributed by atoms with E-state index in [1.54, 1.807) is 7.05 Å². The molecule has 2 aliphatic heterocycles. The Balaban J connectivity index is 1.84. The maximum atomic E-state index is 11.8. The van der Waals surface area contributed by atoms with E-state index in [1.807, 2.05) is 0 Å². The number of carbonyl (C=O) groups excluding carboxylic acids is 1. The number of hydrogen-bond acceptors (Lipinski definition) is 3. The predicted molar refractivity (Wildman–Crippen MR) is 64.2 cm³/mol. The minimum atomic E-state index is -0.166. The van der Waals surface area contributed by atoms with Gasteiger partial charge in [0.25, 0.3) is 0 Å². The lowest BCUT2D eigenvalue weighted by molar-refractivity contribution is -0.129. The monoisotopic (exact) mass is 225 g/mol. The van der Waals surface area contributed by atoms with Gasteiger partial charge in [-0.2, -0.15) is 0 Å². The van der Waals surface area contributed by atoms with Gasteiger partial charge in [-0.25, -0.2) is 0 Å². The molecule has 2 rings (SSSR count). The third-order valence-corrected chi connectivity index (χ3v) is 4.01.